The predicted octanol–water partition coefficient (Wildman–Crippen LogP) is 3.15. The summed E-state index contributed by atoms with van der Waals surface area (Å²) in [5, 5.41) is 0.556. The first-order valence-electron chi connectivity index (χ1n) is 7.00. The van der Waals surface area contributed by atoms with Crippen molar-refractivity contribution >= 4 is 23.2 Å². The van der Waals surface area contributed by atoms with E-state index < -0.39 is 0 Å². The third-order valence-corrected chi connectivity index (χ3v) is 3.58. The summed E-state index contributed by atoms with van der Waals surface area (Å²) in [5.41, 5.74) is 1.58. The maximum Gasteiger partial charge on any atom is 0.223 e. The summed E-state index contributed by atoms with van der Waals surface area (Å²) in [5.74, 6) is 0.800. The third kappa shape index (κ3) is 4.79. The fourth-order valence-corrected chi connectivity index (χ4v) is 2.50. The van der Waals surface area contributed by atoms with E-state index in [1.54, 1.807) is 18.1 Å². The molecule has 1 amide bonds. The second kappa shape index (κ2) is 9.66. The molecule has 0 atom stereocenters. The molecule has 1 aromatic carbocycles. The average Bonchev–Trinajstić information content (AvgIpc) is 2.47. The maximum atomic E-state index is 11.9. The SMILES string of the molecule is CCN1C(=O)CC[C-]=C1c1ccc(OCCOC)cc1Cl.[Y]. The summed E-state index contributed by atoms with van der Waals surface area (Å²) in [6.45, 7) is 3.56. The van der Waals surface area contributed by atoms with Crippen LogP contribution in [0.3, 0.4) is 0 Å². The van der Waals surface area contributed by atoms with Crippen molar-refractivity contribution in [3.05, 3.63) is 34.9 Å². The fourth-order valence-electron chi connectivity index (χ4n) is 2.24. The normalized spacial score (nSPS) is 14.4. The second-order valence-electron chi connectivity index (χ2n) is 4.65. The van der Waals surface area contributed by atoms with Gasteiger partial charge in [0.2, 0.25) is 5.91 Å². The monoisotopic (exact) mass is 397 g/mol. The molecule has 2 rings (SSSR count). The topological polar surface area (TPSA) is 38.8 Å². The molecule has 0 N–H and O–H groups in total. The fraction of sp³-hybridized carbons (Fsp3) is 0.438. The van der Waals surface area contributed by atoms with Crippen molar-refractivity contribution < 1.29 is 47.0 Å². The number of nitrogens with zero attached hydrogens (tertiary/aromatic N) is 1. The van der Waals surface area contributed by atoms with E-state index in [9.17, 15) is 4.79 Å². The molecule has 0 aliphatic carbocycles. The Bertz CT molecular complexity index is 548. The van der Waals surface area contributed by atoms with Gasteiger partial charge in [0.25, 0.3) is 0 Å². The molecule has 1 aliphatic heterocycles. The van der Waals surface area contributed by atoms with E-state index in [4.69, 9.17) is 21.1 Å². The number of carbonyl (C=O) groups excluding carboxylic acids is 1. The minimum absolute atomic E-state index is 0. The molecule has 0 spiro atoms. The Morgan fingerprint density at radius 3 is 2.77 bits per heavy atom. The van der Waals surface area contributed by atoms with Gasteiger partial charge in [0.15, 0.2) is 0 Å². The van der Waals surface area contributed by atoms with Crippen LogP contribution in [-0.2, 0) is 42.2 Å². The largest absolute Gasteiger partial charge is 0.491 e. The van der Waals surface area contributed by atoms with Gasteiger partial charge in [0.05, 0.1) is 6.61 Å². The van der Waals surface area contributed by atoms with Crippen molar-refractivity contribution in [3.63, 3.8) is 0 Å². The van der Waals surface area contributed by atoms with Gasteiger partial charge in [-0.15, -0.1) is 35.3 Å². The molecule has 22 heavy (non-hydrogen) atoms. The smallest absolute Gasteiger partial charge is 0.223 e. The summed E-state index contributed by atoms with van der Waals surface area (Å²) < 4.78 is 10.5. The summed E-state index contributed by atoms with van der Waals surface area (Å²) in [7, 11) is 1.63. The Morgan fingerprint density at radius 2 is 2.14 bits per heavy atom. The minimum Gasteiger partial charge on any atom is -0.491 e. The van der Waals surface area contributed by atoms with Crippen molar-refractivity contribution in [2.75, 3.05) is 26.9 Å². The minimum atomic E-state index is 0. The van der Waals surface area contributed by atoms with Gasteiger partial charge in [-0.2, -0.15) is 0 Å². The standard InChI is InChI=1S/C16H19ClNO3.Y/c1-3-18-15(5-4-6-16(18)19)13-8-7-12(11-14(13)17)21-10-9-20-2;/h7-8,11H,3-4,6,9-10H2,1-2H3;/q-1;. The van der Waals surface area contributed by atoms with Crippen molar-refractivity contribution in [1.82, 2.24) is 4.90 Å². The Balaban J connectivity index is 0.00000242. The quantitative estimate of drug-likeness (QED) is 0.547. The number of methoxy groups -OCH3 is 1. The zero-order valence-electron chi connectivity index (χ0n) is 12.9. The van der Waals surface area contributed by atoms with Crippen LogP contribution in [0.2, 0.25) is 5.02 Å². The number of carbonyl (C=O) groups is 1. The van der Waals surface area contributed by atoms with Gasteiger partial charge in [0.1, 0.15) is 12.4 Å². The Morgan fingerprint density at radius 1 is 1.36 bits per heavy atom. The number of hydrogen-bond donors (Lipinski definition) is 0. The summed E-state index contributed by atoms with van der Waals surface area (Å²) >= 11 is 6.34. The molecule has 1 aliphatic rings. The molecule has 1 aromatic rings. The van der Waals surface area contributed by atoms with Crippen LogP contribution in [0.5, 0.6) is 5.75 Å². The Hall–Kier alpha value is -0.416. The molecular formula is C16H19ClNO3Y-. The van der Waals surface area contributed by atoms with Crippen LogP contribution in [0.4, 0.5) is 0 Å². The van der Waals surface area contributed by atoms with E-state index in [0.717, 1.165) is 11.3 Å². The van der Waals surface area contributed by atoms with Crippen molar-refractivity contribution in [1.29, 1.82) is 0 Å². The number of hydrogen-bond acceptors (Lipinski definition) is 3. The molecule has 4 nitrogen and oxygen atoms in total. The Kier molecular flexibility index (Phi) is 8.62. The van der Waals surface area contributed by atoms with E-state index in [0.29, 0.717) is 43.4 Å². The number of benzene rings is 1. The summed E-state index contributed by atoms with van der Waals surface area (Å²) in [4.78, 5) is 13.7. The van der Waals surface area contributed by atoms with Gasteiger partial charge in [-0.25, -0.2) is 6.08 Å². The number of halogens is 1. The molecule has 0 saturated carbocycles. The first-order chi connectivity index (χ1) is 10.2. The van der Waals surface area contributed by atoms with E-state index in [1.165, 1.54) is 0 Å². The first kappa shape index (κ1) is 19.6. The van der Waals surface area contributed by atoms with Crippen LogP contribution in [0.1, 0.15) is 25.3 Å². The van der Waals surface area contributed by atoms with E-state index in [2.05, 4.69) is 6.08 Å². The Labute approximate surface area is 161 Å². The predicted molar refractivity (Wildman–Crippen MR) is 82.1 cm³/mol. The van der Waals surface area contributed by atoms with Crippen molar-refractivity contribution in [3.8, 4) is 5.75 Å². The van der Waals surface area contributed by atoms with Crippen LogP contribution >= 0.6 is 11.6 Å². The second-order valence-corrected chi connectivity index (χ2v) is 5.05. The summed E-state index contributed by atoms with van der Waals surface area (Å²) in [6.07, 6.45) is 4.40. The molecule has 117 valence electrons. The number of rotatable bonds is 6. The van der Waals surface area contributed by atoms with Gasteiger partial charge in [0, 0.05) is 52.8 Å². The molecule has 0 bridgehead atoms. The molecule has 6 heteroatoms. The van der Waals surface area contributed by atoms with E-state index in [1.807, 2.05) is 19.1 Å². The van der Waals surface area contributed by atoms with Crippen molar-refractivity contribution in [2.24, 2.45) is 0 Å². The molecule has 1 radical (unpaired) electrons. The molecule has 0 aromatic heterocycles. The molecule has 0 saturated heterocycles. The van der Waals surface area contributed by atoms with Crippen LogP contribution in [0, 0.1) is 6.08 Å². The number of ether oxygens (including phenoxy) is 2. The molecular weight excluding hydrogens is 379 g/mol. The van der Waals surface area contributed by atoms with Gasteiger partial charge in [-0.05, 0) is 24.1 Å². The molecule has 0 unspecified atom stereocenters. The summed E-state index contributed by atoms with van der Waals surface area (Å²) in [6, 6.07) is 5.47. The van der Waals surface area contributed by atoms with Crippen LogP contribution in [-0.4, -0.2) is 37.7 Å². The number of allylic oxidation sites excluding steroid dienone is 1. The number of amides is 1. The van der Waals surface area contributed by atoms with E-state index >= 15 is 0 Å². The molecule has 0 fully saturated rings. The van der Waals surface area contributed by atoms with Crippen LogP contribution in [0.15, 0.2) is 18.2 Å². The first-order valence-corrected chi connectivity index (χ1v) is 7.38. The average molecular weight is 398 g/mol. The van der Waals surface area contributed by atoms with Crippen molar-refractivity contribution in [2.45, 2.75) is 19.8 Å². The van der Waals surface area contributed by atoms with Gasteiger partial charge < -0.3 is 14.4 Å². The zero-order valence-corrected chi connectivity index (χ0v) is 16.5. The maximum absolute atomic E-state index is 11.9. The van der Waals surface area contributed by atoms with Gasteiger partial charge >= 0.3 is 0 Å². The van der Waals surface area contributed by atoms with Gasteiger partial charge in [-0.1, -0.05) is 0 Å². The van der Waals surface area contributed by atoms with Gasteiger partial charge in [-0.3, -0.25) is 4.79 Å². The van der Waals surface area contributed by atoms with Crippen LogP contribution in [0.25, 0.3) is 5.70 Å². The third-order valence-electron chi connectivity index (χ3n) is 3.27. The van der Waals surface area contributed by atoms with Crippen LogP contribution < -0.4 is 4.74 Å². The zero-order chi connectivity index (χ0) is 15.2. The van der Waals surface area contributed by atoms with E-state index in [-0.39, 0.29) is 38.6 Å². The molecule has 1 heterocycles.